The SMILES string of the molecule is c1csc(CN2CC[C@@H]3[C@@H](CO[C@H]3CN3CCOCC3)C2)c1. The molecule has 0 spiro atoms. The Morgan fingerprint density at radius 1 is 1.18 bits per heavy atom. The van der Waals surface area contributed by atoms with Crippen molar-refractivity contribution in [1.82, 2.24) is 9.80 Å². The third kappa shape index (κ3) is 3.39. The van der Waals surface area contributed by atoms with Gasteiger partial charge < -0.3 is 9.47 Å². The number of fused-ring (bicyclic) bond motifs is 1. The predicted molar refractivity (Wildman–Crippen MR) is 88.2 cm³/mol. The Labute approximate surface area is 137 Å². The number of thiophene rings is 1. The third-order valence-electron chi connectivity index (χ3n) is 5.38. The average Bonchev–Trinajstić information content (AvgIpc) is 3.19. The molecular formula is C17H26N2O2S. The van der Waals surface area contributed by atoms with E-state index >= 15 is 0 Å². The third-order valence-corrected chi connectivity index (χ3v) is 6.24. The molecule has 0 radical (unpaired) electrons. The van der Waals surface area contributed by atoms with E-state index in [1.165, 1.54) is 24.4 Å². The highest BCUT2D eigenvalue weighted by molar-refractivity contribution is 7.09. The largest absolute Gasteiger partial charge is 0.379 e. The Hall–Kier alpha value is -0.460. The fraction of sp³-hybridized carbons (Fsp3) is 0.765. The number of morpholine rings is 1. The first-order valence-electron chi connectivity index (χ1n) is 8.55. The van der Waals surface area contributed by atoms with Gasteiger partial charge in [-0.15, -0.1) is 11.3 Å². The molecule has 3 atom stereocenters. The number of piperidine rings is 1. The van der Waals surface area contributed by atoms with Gasteiger partial charge in [-0.3, -0.25) is 9.80 Å². The smallest absolute Gasteiger partial charge is 0.0734 e. The van der Waals surface area contributed by atoms with E-state index in [4.69, 9.17) is 9.47 Å². The molecule has 0 unspecified atom stereocenters. The van der Waals surface area contributed by atoms with Gasteiger partial charge >= 0.3 is 0 Å². The van der Waals surface area contributed by atoms with E-state index in [2.05, 4.69) is 27.3 Å². The summed E-state index contributed by atoms with van der Waals surface area (Å²) in [6.45, 7) is 9.53. The standard InChI is InChI=1S/C17H26N2O2S/c1-2-15(22-9-1)11-19-4-3-16-14(10-19)13-21-17(16)12-18-5-7-20-8-6-18/h1-2,9,14,16-17H,3-8,10-13H2/t14-,16-,17+/m1/s1. The summed E-state index contributed by atoms with van der Waals surface area (Å²) in [6.07, 6.45) is 1.75. The predicted octanol–water partition coefficient (Wildman–Crippen LogP) is 1.92. The normalized spacial score (nSPS) is 33.9. The van der Waals surface area contributed by atoms with E-state index in [0.29, 0.717) is 6.10 Å². The van der Waals surface area contributed by atoms with E-state index < -0.39 is 0 Å². The van der Waals surface area contributed by atoms with Gasteiger partial charge in [0.25, 0.3) is 0 Å². The first kappa shape index (κ1) is 15.1. The van der Waals surface area contributed by atoms with Gasteiger partial charge in [0.1, 0.15) is 0 Å². The van der Waals surface area contributed by atoms with Gasteiger partial charge in [-0.05, 0) is 30.3 Å². The maximum atomic E-state index is 6.18. The molecule has 3 saturated heterocycles. The summed E-state index contributed by atoms with van der Waals surface area (Å²) < 4.78 is 11.6. The van der Waals surface area contributed by atoms with Crippen LogP contribution in [0.1, 0.15) is 11.3 Å². The molecule has 3 aliphatic heterocycles. The molecule has 3 fully saturated rings. The second-order valence-electron chi connectivity index (χ2n) is 6.81. The van der Waals surface area contributed by atoms with Crippen LogP contribution in [0.3, 0.4) is 0 Å². The molecule has 0 saturated carbocycles. The van der Waals surface area contributed by atoms with Gasteiger partial charge in [0.2, 0.25) is 0 Å². The zero-order valence-corrected chi connectivity index (χ0v) is 14.0. The second-order valence-corrected chi connectivity index (χ2v) is 7.84. The molecule has 4 rings (SSSR count). The number of ether oxygens (including phenoxy) is 2. The number of nitrogens with zero attached hydrogens (tertiary/aromatic N) is 2. The lowest BCUT2D eigenvalue weighted by Crippen LogP contribution is -2.45. The Bertz CT molecular complexity index is 461. The monoisotopic (exact) mass is 322 g/mol. The zero-order valence-electron chi connectivity index (χ0n) is 13.2. The van der Waals surface area contributed by atoms with Crippen LogP contribution in [-0.4, -0.2) is 68.4 Å². The Kier molecular flexibility index (Phi) is 4.78. The van der Waals surface area contributed by atoms with Gasteiger partial charge in [-0.25, -0.2) is 0 Å². The van der Waals surface area contributed by atoms with Crippen molar-refractivity contribution in [2.24, 2.45) is 11.8 Å². The van der Waals surface area contributed by atoms with Crippen molar-refractivity contribution in [1.29, 1.82) is 0 Å². The lowest BCUT2D eigenvalue weighted by Gasteiger charge is -2.37. The molecule has 0 amide bonds. The van der Waals surface area contributed by atoms with Crippen LogP contribution in [0.25, 0.3) is 0 Å². The first-order chi connectivity index (χ1) is 10.9. The molecule has 0 bridgehead atoms. The van der Waals surface area contributed by atoms with Gasteiger partial charge in [-0.2, -0.15) is 0 Å². The maximum Gasteiger partial charge on any atom is 0.0734 e. The number of hydrogen-bond donors (Lipinski definition) is 0. The minimum atomic E-state index is 0.451. The van der Waals surface area contributed by atoms with E-state index in [1.54, 1.807) is 0 Å². The summed E-state index contributed by atoms with van der Waals surface area (Å²) in [5.41, 5.74) is 0. The molecule has 3 aliphatic rings. The van der Waals surface area contributed by atoms with Crippen molar-refractivity contribution in [3.8, 4) is 0 Å². The van der Waals surface area contributed by atoms with Crippen LogP contribution in [0.4, 0.5) is 0 Å². The van der Waals surface area contributed by atoms with Crippen LogP contribution in [0.15, 0.2) is 17.5 Å². The summed E-state index contributed by atoms with van der Waals surface area (Å²) in [5.74, 6) is 1.50. The molecule has 1 aromatic rings. The highest BCUT2D eigenvalue weighted by atomic mass is 32.1. The average molecular weight is 322 g/mol. The fourth-order valence-corrected chi connectivity index (χ4v) is 4.90. The molecule has 0 aliphatic carbocycles. The fourth-order valence-electron chi connectivity index (χ4n) is 4.16. The summed E-state index contributed by atoms with van der Waals surface area (Å²) in [4.78, 5) is 6.63. The highest BCUT2D eigenvalue weighted by Crippen LogP contribution is 2.35. The molecular weight excluding hydrogens is 296 g/mol. The Balaban J connectivity index is 1.30. The topological polar surface area (TPSA) is 24.9 Å². The van der Waals surface area contributed by atoms with Crippen LogP contribution < -0.4 is 0 Å². The quantitative estimate of drug-likeness (QED) is 0.845. The van der Waals surface area contributed by atoms with E-state index in [9.17, 15) is 0 Å². The van der Waals surface area contributed by atoms with Gasteiger partial charge in [0.15, 0.2) is 0 Å². The van der Waals surface area contributed by atoms with Crippen LogP contribution in [-0.2, 0) is 16.0 Å². The van der Waals surface area contributed by atoms with Crippen molar-refractivity contribution < 1.29 is 9.47 Å². The summed E-state index contributed by atoms with van der Waals surface area (Å²) in [6, 6.07) is 4.41. The first-order valence-corrected chi connectivity index (χ1v) is 9.43. The van der Waals surface area contributed by atoms with E-state index in [0.717, 1.165) is 57.8 Å². The maximum absolute atomic E-state index is 6.18. The second kappa shape index (κ2) is 6.97. The van der Waals surface area contributed by atoms with Gasteiger partial charge in [-0.1, -0.05) is 6.07 Å². The van der Waals surface area contributed by atoms with E-state index in [1.807, 2.05) is 11.3 Å². The zero-order chi connectivity index (χ0) is 14.8. The van der Waals surface area contributed by atoms with Crippen molar-refractivity contribution in [3.05, 3.63) is 22.4 Å². The molecule has 122 valence electrons. The molecule has 22 heavy (non-hydrogen) atoms. The number of hydrogen-bond acceptors (Lipinski definition) is 5. The molecule has 4 nitrogen and oxygen atoms in total. The van der Waals surface area contributed by atoms with Crippen molar-refractivity contribution in [2.45, 2.75) is 19.1 Å². The highest BCUT2D eigenvalue weighted by Gasteiger charge is 2.41. The van der Waals surface area contributed by atoms with Crippen molar-refractivity contribution >= 4 is 11.3 Å². The van der Waals surface area contributed by atoms with Crippen LogP contribution in [0.2, 0.25) is 0 Å². The molecule has 4 heterocycles. The summed E-state index contributed by atoms with van der Waals surface area (Å²) in [7, 11) is 0. The minimum absolute atomic E-state index is 0.451. The van der Waals surface area contributed by atoms with Crippen molar-refractivity contribution in [3.63, 3.8) is 0 Å². The van der Waals surface area contributed by atoms with Crippen LogP contribution in [0, 0.1) is 11.8 Å². The van der Waals surface area contributed by atoms with E-state index in [-0.39, 0.29) is 0 Å². The lowest BCUT2D eigenvalue weighted by molar-refractivity contribution is -0.00268. The van der Waals surface area contributed by atoms with Gasteiger partial charge in [0.05, 0.1) is 25.9 Å². The Morgan fingerprint density at radius 2 is 2.09 bits per heavy atom. The van der Waals surface area contributed by atoms with Crippen LogP contribution in [0.5, 0.6) is 0 Å². The van der Waals surface area contributed by atoms with Crippen molar-refractivity contribution in [2.75, 3.05) is 52.5 Å². The molecule has 0 aromatic carbocycles. The number of rotatable bonds is 4. The molecule has 5 heteroatoms. The lowest BCUT2D eigenvalue weighted by atomic mass is 9.84. The minimum Gasteiger partial charge on any atom is -0.379 e. The summed E-state index contributed by atoms with van der Waals surface area (Å²) >= 11 is 1.87. The number of likely N-dealkylation sites (tertiary alicyclic amines) is 1. The summed E-state index contributed by atoms with van der Waals surface area (Å²) in [5, 5.41) is 2.18. The van der Waals surface area contributed by atoms with Crippen LogP contribution >= 0.6 is 11.3 Å². The molecule has 0 N–H and O–H groups in total. The van der Waals surface area contributed by atoms with Gasteiger partial charge in [0, 0.05) is 43.5 Å². The Morgan fingerprint density at radius 3 is 2.91 bits per heavy atom. The molecule has 1 aromatic heterocycles.